The summed E-state index contributed by atoms with van der Waals surface area (Å²) in [5.41, 5.74) is 1.65. The van der Waals surface area contributed by atoms with Gasteiger partial charge in [-0.3, -0.25) is 4.79 Å². The highest BCUT2D eigenvalue weighted by Gasteiger charge is 2.11. The third-order valence-electron chi connectivity index (χ3n) is 2.55. The molecule has 17 heavy (non-hydrogen) atoms. The van der Waals surface area contributed by atoms with E-state index >= 15 is 0 Å². The van der Waals surface area contributed by atoms with E-state index in [1.54, 1.807) is 25.4 Å². The number of hydrogen-bond acceptors (Lipinski definition) is 3. The van der Waals surface area contributed by atoms with Gasteiger partial charge in [-0.1, -0.05) is 30.3 Å². The summed E-state index contributed by atoms with van der Waals surface area (Å²) in [5.74, 6) is 0.710. The van der Waals surface area contributed by atoms with Gasteiger partial charge in [0.15, 0.2) is 5.78 Å². The van der Waals surface area contributed by atoms with Crippen LogP contribution < -0.4 is 5.32 Å². The Kier molecular flexibility index (Phi) is 3.50. The fourth-order valence-electron chi connectivity index (χ4n) is 1.71. The van der Waals surface area contributed by atoms with Crippen LogP contribution in [0.2, 0.25) is 0 Å². The van der Waals surface area contributed by atoms with E-state index in [0.29, 0.717) is 17.8 Å². The SMILES string of the molecule is CNc1ncccc1C(=O)Cc1ccccc1. The molecule has 0 aliphatic heterocycles. The molecule has 0 radical (unpaired) electrons. The number of benzene rings is 1. The number of aromatic nitrogens is 1. The zero-order valence-electron chi connectivity index (χ0n) is 9.68. The van der Waals surface area contributed by atoms with Crippen molar-refractivity contribution in [2.75, 3.05) is 12.4 Å². The molecule has 0 bridgehead atoms. The number of anilines is 1. The number of nitrogens with one attached hydrogen (secondary N) is 1. The molecule has 0 amide bonds. The summed E-state index contributed by atoms with van der Waals surface area (Å²) in [6, 6.07) is 13.3. The molecule has 0 saturated heterocycles. The van der Waals surface area contributed by atoms with Crippen molar-refractivity contribution in [2.24, 2.45) is 0 Å². The predicted molar refractivity (Wildman–Crippen MR) is 68.3 cm³/mol. The van der Waals surface area contributed by atoms with Crippen LogP contribution in [0.15, 0.2) is 48.7 Å². The molecule has 3 heteroatoms. The molecule has 86 valence electrons. The van der Waals surface area contributed by atoms with Crippen molar-refractivity contribution in [1.29, 1.82) is 0 Å². The topological polar surface area (TPSA) is 42.0 Å². The smallest absolute Gasteiger partial charge is 0.170 e. The fourth-order valence-corrected chi connectivity index (χ4v) is 1.71. The highest BCUT2D eigenvalue weighted by molar-refractivity contribution is 6.01. The average Bonchev–Trinajstić information content (AvgIpc) is 2.40. The first-order valence-electron chi connectivity index (χ1n) is 5.51. The van der Waals surface area contributed by atoms with Gasteiger partial charge in [0, 0.05) is 19.7 Å². The minimum atomic E-state index is 0.0775. The Balaban J connectivity index is 2.20. The van der Waals surface area contributed by atoms with Gasteiger partial charge in [-0.15, -0.1) is 0 Å². The summed E-state index contributed by atoms with van der Waals surface area (Å²) in [5, 5.41) is 2.93. The normalized spacial score (nSPS) is 9.94. The first-order chi connectivity index (χ1) is 8.31. The first kappa shape index (κ1) is 11.3. The summed E-state index contributed by atoms with van der Waals surface area (Å²) >= 11 is 0. The largest absolute Gasteiger partial charge is 0.373 e. The second-order valence-electron chi connectivity index (χ2n) is 3.74. The summed E-state index contributed by atoms with van der Waals surface area (Å²) in [6.45, 7) is 0. The summed E-state index contributed by atoms with van der Waals surface area (Å²) in [6.07, 6.45) is 2.08. The highest BCUT2D eigenvalue weighted by Crippen LogP contribution is 2.14. The number of hydrogen-bond donors (Lipinski definition) is 1. The molecule has 2 aromatic rings. The maximum absolute atomic E-state index is 12.1. The van der Waals surface area contributed by atoms with Gasteiger partial charge in [-0.05, 0) is 17.7 Å². The Bertz CT molecular complexity index is 509. The predicted octanol–water partition coefficient (Wildman–Crippen LogP) is 2.55. The third kappa shape index (κ3) is 2.69. The van der Waals surface area contributed by atoms with Crippen LogP contribution >= 0.6 is 0 Å². The molecule has 0 aliphatic carbocycles. The van der Waals surface area contributed by atoms with Gasteiger partial charge in [0.05, 0.1) is 5.56 Å². The van der Waals surface area contributed by atoms with Crippen LogP contribution in [-0.4, -0.2) is 17.8 Å². The van der Waals surface area contributed by atoms with Crippen LogP contribution in [0.5, 0.6) is 0 Å². The molecule has 0 saturated carbocycles. The number of Topliss-reactive ketones (excluding diaryl/α,β-unsaturated/α-hetero) is 1. The van der Waals surface area contributed by atoms with Crippen molar-refractivity contribution in [2.45, 2.75) is 6.42 Å². The molecular formula is C14H14N2O. The number of carbonyl (C=O) groups excluding carboxylic acids is 1. The highest BCUT2D eigenvalue weighted by atomic mass is 16.1. The zero-order chi connectivity index (χ0) is 12.1. The maximum Gasteiger partial charge on any atom is 0.170 e. The standard InChI is InChI=1S/C14H14N2O/c1-15-14-12(8-5-9-16-14)13(17)10-11-6-3-2-4-7-11/h2-9H,10H2,1H3,(H,15,16). The van der Waals surface area contributed by atoms with E-state index in [1.807, 2.05) is 30.3 Å². The minimum Gasteiger partial charge on any atom is -0.373 e. The Hall–Kier alpha value is -2.16. The van der Waals surface area contributed by atoms with Gasteiger partial charge in [0.2, 0.25) is 0 Å². The van der Waals surface area contributed by atoms with Gasteiger partial charge < -0.3 is 5.32 Å². The average molecular weight is 226 g/mol. The number of ketones is 1. The number of pyridine rings is 1. The van der Waals surface area contributed by atoms with E-state index in [4.69, 9.17) is 0 Å². The fraction of sp³-hybridized carbons (Fsp3) is 0.143. The molecule has 1 heterocycles. The van der Waals surface area contributed by atoms with Crippen LogP contribution in [0, 0.1) is 0 Å². The van der Waals surface area contributed by atoms with Gasteiger partial charge in [0.1, 0.15) is 5.82 Å². The summed E-state index contributed by atoms with van der Waals surface area (Å²) in [7, 11) is 1.77. The quantitative estimate of drug-likeness (QED) is 0.815. The van der Waals surface area contributed by atoms with Gasteiger partial charge in [0.25, 0.3) is 0 Å². The lowest BCUT2D eigenvalue weighted by molar-refractivity contribution is 0.0993. The van der Waals surface area contributed by atoms with Crippen molar-refractivity contribution < 1.29 is 4.79 Å². The first-order valence-corrected chi connectivity index (χ1v) is 5.51. The van der Waals surface area contributed by atoms with E-state index < -0.39 is 0 Å². The van der Waals surface area contributed by atoms with Crippen molar-refractivity contribution in [3.8, 4) is 0 Å². The lowest BCUT2D eigenvalue weighted by atomic mass is 10.0. The van der Waals surface area contributed by atoms with Crippen molar-refractivity contribution in [3.05, 3.63) is 59.8 Å². The molecular weight excluding hydrogens is 212 g/mol. The lowest BCUT2D eigenvalue weighted by Crippen LogP contribution is -2.08. The number of rotatable bonds is 4. The Morgan fingerprint density at radius 2 is 1.94 bits per heavy atom. The van der Waals surface area contributed by atoms with Gasteiger partial charge >= 0.3 is 0 Å². The molecule has 3 nitrogen and oxygen atoms in total. The molecule has 2 rings (SSSR count). The van der Waals surface area contributed by atoms with E-state index in [-0.39, 0.29) is 5.78 Å². The molecule has 0 atom stereocenters. The molecule has 1 aromatic heterocycles. The Morgan fingerprint density at radius 1 is 1.18 bits per heavy atom. The van der Waals surface area contributed by atoms with Crippen molar-refractivity contribution in [1.82, 2.24) is 4.98 Å². The molecule has 0 aliphatic rings. The molecule has 0 unspecified atom stereocenters. The monoisotopic (exact) mass is 226 g/mol. The Morgan fingerprint density at radius 3 is 2.65 bits per heavy atom. The molecule has 1 N–H and O–H groups in total. The maximum atomic E-state index is 12.1. The van der Waals surface area contributed by atoms with Crippen LogP contribution in [0.1, 0.15) is 15.9 Å². The van der Waals surface area contributed by atoms with Crippen LogP contribution in [0.25, 0.3) is 0 Å². The van der Waals surface area contributed by atoms with Crippen molar-refractivity contribution >= 4 is 11.6 Å². The molecule has 0 spiro atoms. The van der Waals surface area contributed by atoms with Crippen molar-refractivity contribution in [3.63, 3.8) is 0 Å². The molecule has 1 aromatic carbocycles. The van der Waals surface area contributed by atoms with E-state index in [2.05, 4.69) is 10.3 Å². The zero-order valence-corrected chi connectivity index (χ0v) is 9.68. The van der Waals surface area contributed by atoms with Crippen LogP contribution in [0.3, 0.4) is 0 Å². The number of carbonyl (C=O) groups is 1. The summed E-state index contributed by atoms with van der Waals surface area (Å²) < 4.78 is 0. The summed E-state index contributed by atoms with van der Waals surface area (Å²) in [4.78, 5) is 16.2. The molecule has 0 fully saturated rings. The second-order valence-corrected chi connectivity index (χ2v) is 3.74. The second kappa shape index (κ2) is 5.25. The van der Waals surface area contributed by atoms with E-state index in [0.717, 1.165) is 5.56 Å². The van der Waals surface area contributed by atoms with Crippen LogP contribution in [0.4, 0.5) is 5.82 Å². The van der Waals surface area contributed by atoms with Gasteiger partial charge in [-0.2, -0.15) is 0 Å². The number of nitrogens with zero attached hydrogens (tertiary/aromatic N) is 1. The third-order valence-corrected chi connectivity index (χ3v) is 2.55. The Labute approximate surface area is 101 Å². The van der Waals surface area contributed by atoms with E-state index in [1.165, 1.54) is 0 Å². The van der Waals surface area contributed by atoms with Gasteiger partial charge in [-0.25, -0.2) is 4.98 Å². The van der Waals surface area contributed by atoms with Crippen LogP contribution in [-0.2, 0) is 6.42 Å². The minimum absolute atomic E-state index is 0.0775. The van der Waals surface area contributed by atoms with E-state index in [9.17, 15) is 4.79 Å². The lowest BCUT2D eigenvalue weighted by Gasteiger charge is -2.06.